The number of hydrogen-bond donors (Lipinski definition) is 0. The fourth-order valence-electron chi connectivity index (χ4n) is 3.03. The van der Waals surface area contributed by atoms with Crippen LogP contribution in [0.25, 0.3) is 0 Å². The molecule has 1 unspecified atom stereocenters. The lowest BCUT2D eigenvalue weighted by Crippen LogP contribution is -2.36. The molecule has 2 atom stereocenters. The van der Waals surface area contributed by atoms with Crippen LogP contribution < -0.4 is 4.90 Å². The molecule has 2 heterocycles. The van der Waals surface area contributed by atoms with Gasteiger partial charge >= 0.3 is 5.97 Å². The molecule has 1 aromatic rings. The lowest BCUT2D eigenvalue weighted by atomic mass is 9.95. The van der Waals surface area contributed by atoms with Crippen LogP contribution in [0.5, 0.6) is 0 Å². The Morgan fingerprint density at radius 2 is 2.04 bits per heavy atom. The summed E-state index contributed by atoms with van der Waals surface area (Å²) in [6.07, 6.45) is 0.528. The van der Waals surface area contributed by atoms with Crippen molar-refractivity contribution in [2.75, 3.05) is 44.1 Å². The van der Waals surface area contributed by atoms with Gasteiger partial charge in [-0.25, -0.2) is 4.39 Å². The minimum absolute atomic E-state index is 0.227. The molecule has 0 N–H and O–H groups in total. The highest BCUT2D eigenvalue weighted by atomic mass is 32.2. The zero-order valence-corrected chi connectivity index (χ0v) is 14.6. The van der Waals surface area contributed by atoms with Crippen molar-refractivity contribution < 1.29 is 31.3 Å². The van der Waals surface area contributed by atoms with Crippen molar-refractivity contribution in [1.82, 2.24) is 0 Å². The number of benzene rings is 1. The predicted molar refractivity (Wildman–Crippen MR) is 87.5 cm³/mol. The van der Waals surface area contributed by atoms with Gasteiger partial charge in [-0.1, -0.05) is 6.07 Å². The number of anilines is 1. The van der Waals surface area contributed by atoms with Crippen molar-refractivity contribution in [3.05, 3.63) is 29.6 Å². The summed E-state index contributed by atoms with van der Waals surface area (Å²) in [5, 5.41) is 0. The molecule has 2 fully saturated rings. The summed E-state index contributed by atoms with van der Waals surface area (Å²) >= 11 is 0. The van der Waals surface area contributed by atoms with Crippen molar-refractivity contribution in [2.45, 2.75) is 18.4 Å². The van der Waals surface area contributed by atoms with E-state index in [-0.39, 0.29) is 13.0 Å². The molecule has 0 aliphatic carbocycles. The number of carbonyl (C=O) groups excluding carboxylic acids is 1. The number of nitrogens with zero attached hydrogens (tertiary/aromatic N) is 1. The third kappa shape index (κ3) is 4.47. The summed E-state index contributed by atoms with van der Waals surface area (Å²) < 4.78 is 51.6. The predicted octanol–water partition coefficient (Wildman–Crippen LogP) is 1.04. The minimum atomic E-state index is -3.60. The van der Waals surface area contributed by atoms with E-state index >= 15 is 0 Å². The van der Waals surface area contributed by atoms with Gasteiger partial charge in [0.25, 0.3) is 10.1 Å². The van der Waals surface area contributed by atoms with E-state index < -0.39 is 33.9 Å². The fraction of sp³-hybridized carbons (Fsp3) is 0.562. The first-order valence-corrected chi connectivity index (χ1v) is 9.82. The second-order valence-corrected chi connectivity index (χ2v) is 7.79. The van der Waals surface area contributed by atoms with Gasteiger partial charge < -0.3 is 14.4 Å². The van der Waals surface area contributed by atoms with E-state index in [9.17, 15) is 17.6 Å². The Bertz CT molecular complexity index is 747. The number of halogens is 1. The Morgan fingerprint density at radius 3 is 2.68 bits per heavy atom. The maximum Gasteiger partial charge on any atom is 0.313 e. The van der Waals surface area contributed by atoms with E-state index in [4.69, 9.17) is 9.47 Å². The van der Waals surface area contributed by atoms with Gasteiger partial charge in [-0.05, 0) is 17.7 Å². The van der Waals surface area contributed by atoms with Crippen LogP contribution >= 0.6 is 0 Å². The summed E-state index contributed by atoms with van der Waals surface area (Å²) in [7, 11) is -3.60. The molecule has 1 aromatic carbocycles. The number of esters is 1. The maximum absolute atomic E-state index is 14.5. The number of cyclic esters (lactones) is 1. The van der Waals surface area contributed by atoms with Gasteiger partial charge in [0.2, 0.25) is 0 Å². The molecule has 9 heteroatoms. The SMILES string of the molecule is CS(=O)(=O)OC[C@H]1CC(c2ccc(N3CCOCC3)c(F)c2)C(=O)O1. The van der Waals surface area contributed by atoms with Gasteiger partial charge in [-0.15, -0.1) is 0 Å². The highest BCUT2D eigenvalue weighted by Gasteiger charge is 2.36. The van der Waals surface area contributed by atoms with E-state index in [1.165, 1.54) is 6.07 Å². The number of ether oxygens (including phenoxy) is 2. The van der Waals surface area contributed by atoms with Crippen molar-refractivity contribution in [1.29, 1.82) is 0 Å². The van der Waals surface area contributed by atoms with E-state index in [1.807, 2.05) is 4.90 Å². The van der Waals surface area contributed by atoms with Crippen LogP contribution in [0.4, 0.5) is 10.1 Å². The van der Waals surface area contributed by atoms with E-state index in [2.05, 4.69) is 4.18 Å². The molecule has 0 spiro atoms. The summed E-state index contributed by atoms with van der Waals surface area (Å²) in [5.41, 5.74) is 0.997. The van der Waals surface area contributed by atoms with E-state index in [0.29, 0.717) is 37.6 Å². The van der Waals surface area contributed by atoms with E-state index in [1.54, 1.807) is 12.1 Å². The average molecular weight is 373 g/mol. The first-order chi connectivity index (χ1) is 11.8. The van der Waals surface area contributed by atoms with Crippen molar-refractivity contribution >= 4 is 21.8 Å². The molecule has 25 heavy (non-hydrogen) atoms. The highest BCUT2D eigenvalue weighted by molar-refractivity contribution is 7.85. The Hall–Kier alpha value is -1.71. The molecule has 0 amide bonds. The van der Waals surface area contributed by atoms with Crippen LogP contribution in [0.1, 0.15) is 17.9 Å². The topological polar surface area (TPSA) is 82.1 Å². The zero-order valence-electron chi connectivity index (χ0n) is 13.8. The monoisotopic (exact) mass is 373 g/mol. The number of rotatable bonds is 5. The Balaban J connectivity index is 1.69. The van der Waals surface area contributed by atoms with Gasteiger partial charge in [0.15, 0.2) is 0 Å². The average Bonchev–Trinajstić information content (AvgIpc) is 2.94. The van der Waals surface area contributed by atoms with Crippen LogP contribution in [-0.4, -0.2) is 59.7 Å². The molecule has 0 radical (unpaired) electrons. The molecular formula is C16H20FNO6S. The first kappa shape index (κ1) is 18.1. The smallest absolute Gasteiger partial charge is 0.313 e. The summed E-state index contributed by atoms with van der Waals surface area (Å²) in [6.45, 7) is 2.12. The van der Waals surface area contributed by atoms with Gasteiger partial charge in [-0.3, -0.25) is 8.98 Å². The Labute approximate surface area is 145 Å². The van der Waals surface area contributed by atoms with E-state index in [0.717, 1.165) is 6.26 Å². The number of carbonyl (C=O) groups is 1. The van der Waals surface area contributed by atoms with Crippen LogP contribution in [0.15, 0.2) is 18.2 Å². The van der Waals surface area contributed by atoms with Gasteiger partial charge in [0, 0.05) is 19.5 Å². The van der Waals surface area contributed by atoms with Crippen LogP contribution in [0, 0.1) is 5.82 Å². The lowest BCUT2D eigenvalue weighted by molar-refractivity contribution is -0.143. The number of hydrogen-bond acceptors (Lipinski definition) is 7. The maximum atomic E-state index is 14.5. The van der Waals surface area contributed by atoms with Crippen LogP contribution in [-0.2, 0) is 28.6 Å². The fourth-order valence-corrected chi connectivity index (χ4v) is 3.43. The third-order valence-electron chi connectivity index (χ3n) is 4.26. The van der Waals surface area contributed by atoms with Crippen molar-refractivity contribution in [3.63, 3.8) is 0 Å². The largest absolute Gasteiger partial charge is 0.459 e. The molecule has 2 aliphatic rings. The summed E-state index contributed by atoms with van der Waals surface area (Å²) in [5.74, 6) is -1.52. The molecule has 2 aliphatic heterocycles. The Morgan fingerprint density at radius 1 is 1.32 bits per heavy atom. The van der Waals surface area contributed by atoms with Crippen LogP contribution in [0.2, 0.25) is 0 Å². The third-order valence-corrected chi connectivity index (χ3v) is 4.82. The normalized spacial score (nSPS) is 24.4. The quantitative estimate of drug-likeness (QED) is 0.563. The molecule has 0 bridgehead atoms. The molecule has 0 aromatic heterocycles. The molecule has 3 rings (SSSR count). The van der Waals surface area contributed by atoms with Crippen molar-refractivity contribution in [2.24, 2.45) is 0 Å². The summed E-state index contributed by atoms with van der Waals surface area (Å²) in [4.78, 5) is 13.9. The molecular weight excluding hydrogens is 353 g/mol. The standard InChI is InChI=1S/C16H20FNO6S/c1-25(20,21)23-10-12-9-13(16(19)24-12)11-2-3-15(14(17)8-11)18-4-6-22-7-5-18/h2-3,8,12-13H,4-7,9-10H2,1H3/t12-,13?/m1/s1. The van der Waals surface area contributed by atoms with Gasteiger partial charge in [0.05, 0.1) is 31.1 Å². The molecule has 138 valence electrons. The van der Waals surface area contributed by atoms with Crippen LogP contribution in [0.3, 0.4) is 0 Å². The Kier molecular flexibility index (Phi) is 5.26. The molecule has 7 nitrogen and oxygen atoms in total. The minimum Gasteiger partial charge on any atom is -0.459 e. The van der Waals surface area contributed by atoms with Gasteiger partial charge in [0.1, 0.15) is 18.5 Å². The number of morpholine rings is 1. The molecule has 0 saturated carbocycles. The molecule has 2 saturated heterocycles. The zero-order chi connectivity index (χ0) is 18.0. The second-order valence-electron chi connectivity index (χ2n) is 6.15. The highest BCUT2D eigenvalue weighted by Crippen LogP contribution is 2.33. The van der Waals surface area contributed by atoms with Crippen molar-refractivity contribution in [3.8, 4) is 0 Å². The summed E-state index contributed by atoms with van der Waals surface area (Å²) in [6, 6.07) is 4.71. The van der Waals surface area contributed by atoms with Gasteiger partial charge in [-0.2, -0.15) is 8.42 Å². The lowest BCUT2D eigenvalue weighted by Gasteiger charge is -2.29. The second kappa shape index (κ2) is 7.27. The first-order valence-electron chi connectivity index (χ1n) is 8.00.